The Balaban J connectivity index is 2.10. The molecule has 20 heavy (non-hydrogen) atoms. The van der Waals surface area contributed by atoms with Gasteiger partial charge < -0.3 is 5.11 Å². The van der Waals surface area contributed by atoms with Crippen molar-refractivity contribution in [2.45, 2.75) is 61.5 Å². The van der Waals surface area contributed by atoms with Gasteiger partial charge in [-0.15, -0.1) is 0 Å². The zero-order valence-corrected chi connectivity index (χ0v) is 13.5. The Kier molecular flexibility index (Phi) is 4.81. The fourth-order valence-corrected chi connectivity index (χ4v) is 6.82. The molecule has 1 aliphatic heterocycles. The molecule has 0 radical (unpaired) electrons. The van der Waals surface area contributed by atoms with Crippen LogP contribution in [0.1, 0.15) is 44.9 Å². The molecule has 2 aliphatic rings. The molecule has 2 fully saturated rings. The second-order valence-electron chi connectivity index (χ2n) is 6.27. The van der Waals surface area contributed by atoms with Crippen molar-refractivity contribution in [3.8, 4) is 0 Å². The molecule has 1 saturated heterocycles. The van der Waals surface area contributed by atoms with Gasteiger partial charge in [-0.1, -0.05) is 12.8 Å². The van der Waals surface area contributed by atoms with Crippen molar-refractivity contribution in [3.63, 3.8) is 0 Å². The Morgan fingerprint density at radius 2 is 1.80 bits per heavy atom. The van der Waals surface area contributed by atoms with Gasteiger partial charge in [0.1, 0.15) is 9.84 Å². The first-order chi connectivity index (χ1) is 9.22. The number of aliphatic hydroxyl groups is 1. The number of aliphatic hydroxyl groups excluding tert-OH is 1. The molecule has 2 rings (SSSR count). The van der Waals surface area contributed by atoms with Crippen LogP contribution in [0, 0.1) is 5.92 Å². The highest BCUT2D eigenvalue weighted by Gasteiger charge is 2.41. The highest BCUT2D eigenvalue weighted by molar-refractivity contribution is 7.92. The predicted octanol–water partition coefficient (Wildman–Crippen LogP) is 0.918. The van der Waals surface area contributed by atoms with Gasteiger partial charge in [-0.05, 0) is 38.0 Å². The molecule has 7 heteroatoms. The second-order valence-corrected chi connectivity index (χ2v) is 10.9. The van der Waals surface area contributed by atoms with Gasteiger partial charge in [0, 0.05) is 6.26 Å². The minimum absolute atomic E-state index is 0.150. The summed E-state index contributed by atoms with van der Waals surface area (Å²) in [6, 6.07) is 0. The normalized spacial score (nSPS) is 36.4. The number of rotatable bonds is 3. The van der Waals surface area contributed by atoms with Crippen LogP contribution in [0.15, 0.2) is 0 Å². The molecule has 4 unspecified atom stereocenters. The molecular formula is C13H24O5S2. The lowest BCUT2D eigenvalue weighted by Gasteiger charge is -2.36. The van der Waals surface area contributed by atoms with Gasteiger partial charge in [0.15, 0.2) is 9.84 Å². The third kappa shape index (κ3) is 3.54. The zero-order chi connectivity index (χ0) is 15.0. The molecule has 1 aliphatic carbocycles. The van der Waals surface area contributed by atoms with E-state index in [4.69, 9.17) is 0 Å². The third-order valence-electron chi connectivity index (χ3n) is 4.76. The summed E-state index contributed by atoms with van der Waals surface area (Å²) in [4.78, 5) is 0. The van der Waals surface area contributed by atoms with Crippen molar-refractivity contribution >= 4 is 19.7 Å². The van der Waals surface area contributed by atoms with Gasteiger partial charge >= 0.3 is 0 Å². The second kappa shape index (κ2) is 5.93. The van der Waals surface area contributed by atoms with E-state index in [1.54, 1.807) is 0 Å². The highest BCUT2D eigenvalue weighted by Crippen LogP contribution is 2.35. The molecule has 1 saturated carbocycles. The van der Waals surface area contributed by atoms with Crippen molar-refractivity contribution in [3.05, 3.63) is 0 Å². The first-order valence-electron chi connectivity index (χ1n) is 7.30. The number of hydrogen-bond acceptors (Lipinski definition) is 5. The molecule has 5 nitrogen and oxygen atoms in total. The fraction of sp³-hybridized carbons (Fsp3) is 1.00. The summed E-state index contributed by atoms with van der Waals surface area (Å²) in [5.74, 6) is -0.0573. The quantitative estimate of drug-likeness (QED) is 0.834. The summed E-state index contributed by atoms with van der Waals surface area (Å²) < 4.78 is 47.4. The van der Waals surface area contributed by atoms with E-state index in [2.05, 4.69) is 0 Å². The minimum atomic E-state index is -3.22. The fourth-order valence-electron chi connectivity index (χ4n) is 3.55. The first kappa shape index (κ1) is 16.2. The van der Waals surface area contributed by atoms with E-state index in [9.17, 15) is 21.9 Å². The van der Waals surface area contributed by atoms with Crippen LogP contribution in [0.4, 0.5) is 0 Å². The van der Waals surface area contributed by atoms with Crippen molar-refractivity contribution in [1.82, 2.24) is 0 Å². The maximum Gasteiger partial charge on any atom is 0.155 e. The molecule has 0 bridgehead atoms. The standard InChI is InChI=1S/C13H24O5S2/c1-19(15,16)11-6-4-5-10(9-11)13(14)12-7-2-3-8-20(12,17)18/h10-14H,2-9H2,1H3. The van der Waals surface area contributed by atoms with E-state index in [-0.39, 0.29) is 11.7 Å². The average molecular weight is 324 g/mol. The van der Waals surface area contributed by atoms with Crippen LogP contribution in [-0.2, 0) is 19.7 Å². The van der Waals surface area contributed by atoms with Crippen LogP contribution in [0.5, 0.6) is 0 Å². The molecule has 1 heterocycles. The van der Waals surface area contributed by atoms with Gasteiger partial charge in [-0.3, -0.25) is 0 Å². The van der Waals surface area contributed by atoms with Crippen molar-refractivity contribution in [2.75, 3.05) is 12.0 Å². The lowest BCUT2D eigenvalue weighted by molar-refractivity contribution is 0.0773. The van der Waals surface area contributed by atoms with Crippen LogP contribution < -0.4 is 0 Å². The molecule has 0 amide bonds. The lowest BCUT2D eigenvalue weighted by atomic mass is 9.83. The van der Waals surface area contributed by atoms with Gasteiger partial charge in [0.05, 0.1) is 22.4 Å². The molecule has 0 aromatic carbocycles. The molecular weight excluding hydrogens is 300 g/mol. The van der Waals surface area contributed by atoms with E-state index in [1.807, 2.05) is 0 Å². The predicted molar refractivity (Wildman–Crippen MR) is 78.0 cm³/mol. The SMILES string of the molecule is CS(=O)(=O)C1CCCC(C(O)C2CCCCS2(=O)=O)C1. The van der Waals surface area contributed by atoms with Gasteiger partial charge in [0.25, 0.3) is 0 Å². The largest absolute Gasteiger partial charge is 0.391 e. The topological polar surface area (TPSA) is 88.5 Å². The number of hydrogen-bond donors (Lipinski definition) is 1. The van der Waals surface area contributed by atoms with Crippen LogP contribution >= 0.6 is 0 Å². The van der Waals surface area contributed by atoms with Crippen LogP contribution in [0.25, 0.3) is 0 Å². The average Bonchev–Trinajstić information content (AvgIpc) is 2.37. The third-order valence-corrected chi connectivity index (χ3v) is 8.70. The van der Waals surface area contributed by atoms with E-state index < -0.39 is 36.3 Å². The molecule has 0 aromatic heterocycles. The lowest BCUT2D eigenvalue weighted by Crippen LogP contribution is -2.45. The number of sulfone groups is 2. The van der Waals surface area contributed by atoms with Crippen molar-refractivity contribution in [1.29, 1.82) is 0 Å². The van der Waals surface area contributed by atoms with E-state index >= 15 is 0 Å². The van der Waals surface area contributed by atoms with Gasteiger partial charge in [-0.2, -0.15) is 0 Å². The Hall–Kier alpha value is -0.140. The summed E-state index contributed by atoms with van der Waals surface area (Å²) in [7, 11) is -6.34. The van der Waals surface area contributed by atoms with Gasteiger partial charge in [0.2, 0.25) is 0 Å². The van der Waals surface area contributed by atoms with Gasteiger partial charge in [-0.25, -0.2) is 16.8 Å². The summed E-state index contributed by atoms with van der Waals surface area (Å²) >= 11 is 0. The zero-order valence-electron chi connectivity index (χ0n) is 11.9. The van der Waals surface area contributed by atoms with Crippen LogP contribution in [-0.4, -0.2) is 50.6 Å². The van der Waals surface area contributed by atoms with E-state index in [0.29, 0.717) is 25.7 Å². The maximum absolute atomic E-state index is 12.1. The molecule has 0 spiro atoms. The van der Waals surface area contributed by atoms with Crippen LogP contribution in [0.3, 0.4) is 0 Å². The Bertz CT molecular complexity index is 537. The smallest absolute Gasteiger partial charge is 0.155 e. The summed E-state index contributed by atoms with van der Waals surface area (Å²) in [5, 5.41) is 9.32. The molecule has 118 valence electrons. The summed E-state index contributed by atoms with van der Waals surface area (Å²) in [6.07, 6.45) is 4.79. The maximum atomic E-state index is 12.1. The minimum Gasteiger partial charge on any atom is -0.391 e. The van der Waals surface area contributed by atoms with Crippen LogP contribution in [0.2, 0.25) is 0 Å². The highest BCUT2D eigenvalue weighted by atomic mass is 32.2. The van der Waals surface area contributed by atoms with E-state index in [1.165, 1.54) is 6.26 Å². The Morgan fingerprint density at radius 3 is 2.40 bits per heavy atom. The Labute approximate surface area is 121 Å². The molecule has 0 aromatic rings. The van der Waals surface area contributed by atoms with E-state index in [0.717, 1.165) is 19.3 Å². The molecule has 4 atom stereocenters. The van der Waals surface area contributed by atoms with Crippen molar-refractivity contribution in [2.24, 2.45) is 5.92 Å². The Morgan fingerprint density at radius 1 is 1.10 bits per heavy atom. The first-order valence-corrected chi connectivity index (χ1v) is 11.0. The summed E-state index contributed by atoms with van der Waals surface area (Å²) in [6.45, 7) is 0. The summed E-state index contributed by atoms with van der Waals surface area (Å²) in [5.41, 5.74) is 0. The van der Waals surface area contributed by atoms with Crippen molar-refractivity contribution < 1.29 is 21.9 Å². The monoisotopic (exact) mass is 324 g/mol. The molecule has 1 N–H and O–H groups in total.